The summed E-state index contributed by atoms with van der Waals surface area (Å²) in [6, 6.07) is 9.59. The lowest BCUT2D eigenvalue weighted by atomic mass is 10.1. The Balaban J connectivity index is 2.08. The maximum atomic E-state index is 12.7. The summed E-state index contributed by atoms with van der Waals surface area (Å²) in [6.07, 6.45) is -1.70. The molecule has 0 aliphatic carbocycles. The molecule has 0 aromatic heterocycles. The normalized spacial score (nSPS) is 11.4. The molecule has 0 saturated carbocycles. The minimum atomic E-state index is -4.46. The van der Waals surface area contributed by atoms with Crippen LogP contribution in [0.2, 0.25) is 0 Å². The monoisotopic (exact) mass is 365 g/mol. The first-order valence-corrected chi connectivity index (χ1v) is 7.80. The standard InChI is InChI=1S/C19H18F3NO3/c1-3-26-16-9-7-13(11-17(16)25-2)8-10-18(24)23-15-6-4-5-14(12-15)19(20,21)22/h4-12H,3H2,1-2H3,(H,23,24)/b10-8+. The summed E-state index contributed by atoms with van der Waals surface area (Å²) < 4.78 is 48.7. The minimum absolute atomic E-state index is 0.0683. The number of carbonyl (C=O) groups excluding carboxylic acids is 1. The number of nitrogens with one attached hydrogen (secondary N) is 1. The molecule has 0 saturated heterocycles. The summed E-state index contributed by atoms with van der Waals surface area (Å²) in [6.45, 7) is 2.34. The molecule has 2 aromatic rings. The fourth-order valence-electron chi connectivity index (χ4n) is 2.19. The molecule has 0 aliphatic heterocycles. The summed E-state index contributed by atoms with van der Waals surface area (Å²) in [7, 11) is 1.51. The Bertz CT molecular complexity index is 801. The Morgan fingerprint density at radius 3 is 2.58 bits per heavy atom. The average molecular weight is 365 g/mol. The van der Waals surface area contributed by atoms with E-state index in [0.717, 1.165) is 12.1 Å². The number of hydrogen-bond acceptors (Lipinski definition) is 3. The van der Waals surface area contributed by atoms with Crippen LogP contribution in [0.1, 0.15) is 18.1 Å². The average Bonchev–Trinajstić information content (AvgIpc) is 2.60. The molecule has 0 spiro atoms. The zero-order chi connectivity index (χ0) is 19.2. The summed E-state index contributed by atoms with van der Waals surface area (Å²) in [5.74, 6) is 0.560. The van der Waals surface area contributed by atoms with E-state index in [1.165, 1.54) is 31.4 Å². The van der Waals surface area contributed by atoms with Crippen LogP contribution in [-0.2, 0) is 11.0 Å². The van der Waals surface area contributed by atoms with Crippen molar-refractivity contribution in [3.63, 3.8) is 0 Å². The molecule has 26 heavy (non-hydrogen) atoms. The second-order valence-corrected chi connectivity index (χ2v) is 5.24. The highest BCUT2D eigenvalue weighted by Gasteiger charge is 2.30. The first-order chi connectivity index (χ1) is 12.3. The Labute approximate surface area is 149 Å². The molecule has 2 rings (SSSR count). The number of benzene rings is 2. The molecule has 0 aliphatic rings. The van der Waals surface area contributed by atoms with Gasteiger partial charge in [-0.05, 0) is 48.9 Å². The highest BCUT2D eigenvalue weighted by atomic mass is 19.4. The van der Waals surface area contributed by atoms with E-state index < -0.39 is 17.6 Å². The van der Waals surface area contributed by atoms with E-state index in [0.29, 0.717) is 23.7 Å². The summed E-state index contributed by atoms with van der Waals surface area (Å²) in [4.78, 5) is 11.9. The van der Waals surface area contributed by atoms with Crippen LogP contribution < -0.4 is 14.8 Å². The van der Waals surface area contributed by atoms with Crippen molar-refractivity contribution in [1.29, 1.82) is 0 Å². The molecule has 1 N–H and O–H groups in total. The summed E-state index contributed by atoms with van der Waals surface area (Å²) in [5, 5.41) is 2.40. The van der Waals surface area contributed by atoms with Gasteiger partial charge in [0, 0.05) is 11.8 Å². The van der Waals surface area contributed by atoms with Crippen LogP contribution in [0.3, 0.4) is 0 Å². The molecule has 7 heteroatoms. The van der Waals surface area contributed by atoms with Crippen molar-refractivity contribution in [3.05, 3.63) is 59.7 Å². The summed E-state index contributed by atoms with van der Waals surface area (Å²) in [5.41, 5.74) is -0.0706. The molecule has 0 fully saturated rings. The van der Waals surface area contributed by atoms with Gasteiger partial charge in [-0.25, -0.2) is 0 Å². The maximum absolute atomic E-state index is 12.7. The Kier molecular flexibility index (Phi) is 6.27. The van der Waals surface area contributed by atoms with Gasteiger partial charge in [-0.15, -0.1) is 0 Å². The van der Waals surface area contributed by atoms with E-state index in [2.05, 4.69) is 5.32 Å². The van der Waals surface area contributed by atoms with Crippen LogP contribution >= 0.6 is 0 Å². The molecule has 2 aromatic carbocycles. The van der Waals surface area contributed by atoms with Crippen molar-refractivity contribution in [1.82, 2.24) is 0 Å². The first-order valence-electron chi connectivity index (χ1n) is 7.80. The highest BCUT2D eigenvalue weighted by molar-refractivity contribution is 6.02. The lowest BCUT2D eigenvalue weighted by molar-refractivity contribution is -0.137. The third kappa shape index (κ3) is 5.27. The first kappa shape index (κ1) is 19.4. The third-order valence-corrected chi connectivity index (χ3v) is 3.37. The van der Waals surface area contributed by atoms with Gasteiger partial charge in [0.1, 0.15) is 0 Å². The van der Waals surface area contributed by atoms with Gasteiger partial charge in [0.2, 0.25) is 5.91 Å². The quantitative estimate of drug-likeness (QED) is 0.751. The molecule has 0 bridgehead atoms. The van der Waals surface area contributed by atoms with Gasteiger partial charge in [0.05, 0.1) is 19.3 Å². The van der Waals surface area contributed by atoms with Crippen LogP contribution in [0.25, 0.3) is 6.08 Å². The molecular weight excluding hydrogens is 347 g/mol. The fraction of sp³-hybridized carbons (Fsp3) is 0.211. The van der Waals surface area contributed by atoms with Crippen LogP contribution in [0.5, 0.6) is 11.5 Å². The van der Waals surface area contributed by atoms with Crippen molar-refractivity contribution in [2.45, 2.75) is 13.1 Å². The lowest BCUT2D eigenvalue weighted by Gasteiger charge is -2.10. The van der Waals surface area contributed by atoms with Gasteiger partial charge in [-0.1, -0.05) is 12.1 Å². The predicted octanol–water partition coefficient (Wildman–Crippen LogP) is 4.76. The summed E-state index contributed by atoms with van der Waals surface area (Å²) >= 11 is 0. The van der Waals surface area contributed by atoms with Crippen molar-refractivity contribution >= 4 is 17.7 Å². The van der Waals surface area contributed by atoms with Gasteiger partial charge < -0.3 is 14.8 Å². The highest BCUT2D eigenvalue weighted by Crippen LogP contribution is 2.31. The van der Waals surface area contributed by atoms with E-state index in [4.69, 9.17) is 9.47 Å². The van der Waals surface area contributed by atoms with Crippen molar-refractivity contribution in [2.24, 2.45) is 0 Å². The number of amides is 1. The minimum Gasteiger partial charge on any atom is -0.493 e. The SMILES string of the molecule is CCOc1ccc(/C=C/C(=O)Nc2cccc(C(F)(F)F)c2)cc1OC. The van der Waals surface area contributed by atoms with Crippen LogP contribution in [-0.4, -0.2) is 19.6 Å². The molecule has 0 atom stereocenters. The second kappa shape index (κ2) is 8.42. The lowest BCUT2D eigenvalue weighted by Crippen LogP contribution is -2.10. The molecule has 1 amide bonds. The molecular formula is C19H18F3NO3. The van der Waals surface area contributed by atoms with E-state index in [1.54, 1.807) is 18.2 Å². The molecule has 0 radical (unpaired) electrons. The number of methoxy groups -OCH3 is 1. The van der Waals surface area contributed by atoms with E-state index >= 15 is 0 Å². The zero-order valence-electron chi connectivity index (χ0n) is 14.3. The number of alkyl halides is 3. The topological polar surface area (TPSA) is 47.6 Å². The molecule has 4 nitrogen and oxygen atoms in total. The largest absolute Gasteiger partial charge is 0.493 e. The van der Waals surface area contributed by atoms with Gasteiger partial charge in [-0.2, -0.15) is 13.2 Å². The number of ether oxygens (including phenoxy) is 2. The van der Waals surface area contributed by atoms with E-state index in [1.807, 2.05) is 6.92 Å². The molecule has 0 heterocycles. The smallest absolute Gasteiger partial charge is 0.416 e. The van der Waals surface area contributed by atoms with Crippen molar-refractivity contribution in [3.8, 4) is 11.5 Å². The number of hydrogen-bond donors (Lipinski definition) is 1. The Morgan fingerprint density at radius 2 is 1.92 bits per heavy atom. The number of carbonyl (C=O) groups is 1. The van der Waals surface area contributed by atoms with E-state index in [-0.39, 0.29) is 5.69 Å². The molecule has 138 valence electrons. The van der Waals surface area contributed by atoms with Gasteiger partial charge in [-0.3, -0.25) is 4.79 Å². The van der Waals surface area contributed by atoms with Gasteiger partial charge in [0.25, 0.3) is 0 Å². The van der Waals surface area contributed by atoms with E-state index in [9.17, 15) is 18.0 Å². The van der Waals surface area contributed by atoms with Gasteiger partial charge >= 0.3 is 6.18 Å². The number of anilines is 1. The third-order valence-electron chi connectivity index (χ3n) is 3.37. The van der Waals surface area contributed by atoms with Crippen molar-refractivity contribution in [2.75, 3.05) is 19.0 Å². The Morgan fingerprint density at radius 1 is 1.15 bits per heavy atom. The van der Waals surface area contributed by atoms with Crippen molar-refractivity contribution < 1.29 is 27.4 Å². The maximum Gasteiger partial charge on any atom is 0.416 e. The Hall–Kier alpha value is -2.96. The molecule has 0 unspecified atom stereocenters. The predicted molar refractivity (Wildman–Crippen MR) is 93.3 cm³/mol. The fourth-order valence-corrected chi connectivity index (χ4v) is 2.19. The van der Waals surface area contributed by atoms with Crippen LogP contribution in [0.15, 0.2) is 48.5 Å². The zero-order valence-corrected chi connectivity index (χ0v) is 14.3. The second-order valence-electron chi connectivity index (χ2n) is 5.24. The van der Waals surface area contributed by atoms with Gasteiger partial charge in [0.15, 0.2) is 11.5 Å². The number of rotatable bonds is 6. The number of halogens is 3. The van der Waals surface area contributed by atoms with Crippen LogP contribution in [0.4, 0.5) is 18.9 Å². The van der Waals surface area contributed by atoms with Crippen LogP contribution in [0, 0.1) is 0 Å².